The Labute approximate surface area is 231 Å². The Kier molecular flexibility index (Phi) is 8.41. The molecule has 0 unspecified atom stereocenters. The molecule has 1 aromatic carbocycles. The first-order valence-corrected chi connectivity index (χ1v) is 14.9. The van der Waals surface area contributed by atoms with Crippen molar-refractivity contribution < 1.29 is 27.6 Å². The minimum atomic E-state index is -3.91. The summed E-state index contributed by atoms with van der Waals surface area (Å²) >= 11 is 1.18. The summed E-state index contributed by atoms with van der Waals surface area (Å²) < 4.78 is 40.6. The molecule has 4 aromatic rings. The predicted molar refractivity (Wildman–Crippen MR) is 150 cm³/mol. The molecular formula is C28H31N3O6S2. The molecule has 0 spiro atoms. The summed E-state index contributed by atoms with van der Waals surface area (Å²) in [4.78, 5) is 17.2. The van der Waals surface area contributed by atoms with E-state index in [4.69, 9.17) is 9.26 Å². The van der Waals surface area contributed by atoms with Crippen LogP contribution in [0.3, 0.4) is 0 Å². The fraction of sp³-hybridized carbons (Fsp3) is 0.321. The average molecular weight is 570 g/mol. The fourth-order valence-electron chi connectivity index (χ4n) is 4.27. The molecule has 0 aliphatic heterocycles. The Morgan fingerprint density at radius 1 is 1.13 bits per heavy atom. The van der Waals surface area contributed by atoms with Gasteiger partial charge >= 0.3 is 5.97 Å². The molecule has 9 nitrogen and oxygen atoms in total. The third kappa shape index (κ3) is 6.15. The van der Waals surface area contributed by atoms with Crippen LogP contribution in [-0.4, -0.2) is 29.6 Å². The number of hydrogen-bond donors (Lipinski definition) is 2. The van der Waals surface area contributed by atoms with Gasteiger partial charge in [0, 0.05) is 34.2 Å². The number of nitrogens with zero attached hydrogens (tertiary/aromatic N) is 2. The lowest BCUT2D eigenvalue weighted by atomic mass is 10.1. The highest BCUT2D eigenvalue weighted by Gasteiger charge is 2.25. The molecule has 0 amide bonds. The second-order valence-corrected chi connectivity index (χ2v) is 12.4. The second-order valence-electron chi connectivity index (χ2n) is 9.22. The number of rotatable bonds is 11. The van der Waals surface area contributed by atoms with Crippen molar-refractivity contribution in [2.24, 2.45) is 0 Å². The molecule has 0 saturated carbocycles. The van der Waals surface area contributed by atoms with Gasteiger partial charge in [-0.05, 0) is 44.4 Å². The third-order valence-electron chi connectivity index (χ3n) is 6.18. The highest BCUT2D eigenvalue weighted by Crippen LogP contribution is 2.36. The normalized spacial score (nSPS) is 11.5. The molecule has 0 atom stereocenters. The summed E-state index contributed by atoms with van der Waals surface area (Å²) in [6.07, 6.45) is 1.92. The molecule has 0 radical (unpaired) electrons. The van der Waals surface area contributed by atoms with Crippen molar-refractivity contribution in [1.82, 2.24) is 10.1 Å². The van der Waals surface area contributed by atoms with Crippen molar-refractivity contribution in [3.63, 3.8) is 0 Å². The van der Waals surface area contributed by atoms with Gasteiger partial charge in [-0.3, -0.25) is 9.71 Å². The summed E-state index contributed by atoms with van der Waals surface area (Å²) in [6.45, 7) is 9.46. The van der Waals surface area contributed by atoms with Gasteiger partial charge in [0.2, 0.25) is 0 Å². The van der Waals surface area contributed by atoms with E-state index in [1.54, 1.807) is 13.0 Å². The molecule has 0 fully saturated rings. The van der Waals surface area contributed by atoms with Crippen LogP contribution < -0.4 is 9.46 Å². The largest absolute Gasteiger partial charge is 0.488 e. The number of aryl methyl sites for hydroxylation is 4. The first kappa shape index (κ1) is 28.3. The zero-order valence-electron chi connectivity index (χ0n) is 22.5. The van der Waals surface area contributed by atoms with Crippen LogP contribution in [0, 0.1) is 20.8 Å². The molecule has 0 bridgehead atoms. The Balaban J connectivity index is 1.57. The maximum Gasteiger partial charge on any atom is 0.341 e. The predicted octanol–water partition coefficient (Wildman–Crippen LogP) is 6.32. The molecule has 3 aromatic heterocycles. The van der Waals surface area contributed by atoms with Gasteiger partial charge in [0.15, 0.2) is 5.82 Å². The van der Waals surface area contributed by atoms with E-state index < -0.39 is 16.0 Å². The highest BCUT2D eigenvalue weighted by molar-refractivity contribution is 7.94. The SMILES string of the molecule is CCCc1nc(C)cc(OCc2ccc(-c3cc(C)sc3S(=O)(=O)Nc3noc(CC)c3C)cc2)c1C(=O)O. The summed E-state index contributed by atoms with van der Waals surface area (Å²) in [6, 6.07) is 10.8. The van der Waals surface area contributed by atoms with E-state index >= 15 is 0 Å². The van der Waals surface area contributed by atoms with Gasteiger partial charge in [-0.25, -0.2) is 13.2 Å². The van der Waals surface area contributed by atoms with Crippen LogP contribution in [0.25, 0.3) is 11.1 Å². The van der Waals surface area contributed by atoms with E-state index in [2.05, 4.69) is 14.9 Å². The minimum Gasteiger partial charge on any atom is -0.488 e. The van der Waals surface area contributed by atoms with E-state index in [1.165, 1.54) is 11.3 Å². The highest BCUT2D eigenvalue weighted by atomic mass is 32.2. The van der Waals surface area contributed by atoms with Gasteiger partial charge in [-0.1, -0.05) is 49.7 Å². The zero-order valence-corrected chi connectivity index (χ0v) is 24.1. The molecule has 2 N–H and O–H groups in total. The monoisotopic (exact) mass is 569 g/mol. The van der Waals surface area contributed by atoms with Gasteiger partial charge in [0.1, 0.15) is 27.9 Å². The molecule has 206 valence electrons. The molecule has 0 aliphatic rings. The Morgan fingerprint density at radius 2 is 1.85 bits per heavy atom. The molecule has 0 saturated heterocycles. The number of nitrogens with one attached hydrogen (secondary N) is 1. The van der Waals surface area contributed by atoms with Gasteiger partial charge in [-0.2, -0.15) is 0 Å². The van der Waals surface area contributed by atoms with Crippen molar-refractivity contribution in [3.05, 3.63) is 75.1 Å². The van der Waals surface area contributed by atoms with Gasteiger partial charge in [0.25, 0.3) is 10.0 Å². The number of thiophene rings is 1. The molecular weight excluding hydrogens is 538 g/mol. The van der Waals surface area contributed by atoms with E-state index in [1.807, 2.05) is 58.0 Å². The van der Waals surface area contributed by atoms with Crippen LogP contribution in [-0.2, 0) is 29.5 Å². The molecule has 3 heterocycles. The van der Waals surface area contributed by atoms with Gasteiger partial charge in [-0.15, -0.1) is 11.3 Å². The number of sulfonamides is 1. The topological polar surface area (TPSA) is 132 Å². The van der Waals surface area contributed by atoms with Crippen LogP contribution in [0.15, 0.2) is 45.1 Å². The Hall–Kier alpha value is -3.70. The number of carboxylic acid groups (broad SMARTS) is 1. The number of aromatic nitrogens is 2. The number of carbonyl (C=O) groups is 1. The average Bonchev–Trinajstić information content (AvgIpc) is 3.45. The number of carboxylic acids is 1. The second kappa shape index (κ2) is 11.6. The van der Waals surface area contributed by atoms with Crippen molar-refractivity contribution in [1.29, 1.82) is 0 Å². The van der Waals surface area contributed by atoms with E-state index in [0.29, 0.717) is 41.1 Å². The maximum atomic E-state index is 13.3. The summed E-state index contributed by atoms with van der Waals surface area (Å²) in [5.74, 6) is 0.0284. The van der Waals surface area contributed by atoms with Crippen molar-refractivity contribution in [2.75, 3.05) is 4.72 Å². The summed E-state index contributed by atoms with van der Waals surface area (Å²) in [5, 5.41) is 13.6. The minimum absolute atomic E-state index is 0.0866. The van der Waals surface area contributed by atoms with Crippen molar-refractivity contribution in [3.8, 4) is 16.9 Å². The number of aromatic carboxylic acids is 1. The smallest absolute Gasteiger partial charge is 0.341 e. The third-order valence-corrected chi connectivity index (χ3v) is 9.11. The quantitative estimate of drug-likeness (QED) is 0.215. The zero-order chi connectivity index (χ0) is 28.3. The Bertz CT molecular complexity index is 1600. The van der Waals surface area contributed by atoms with E-state index in [0.717, 1.165) is 22.4 Å². The molecule has 11 heteroatoms. The maximum absolute atomic E-state index is 13.3. The van der Waals surface area contributed by atoms with E-state index in [-0.39, 0.29) is 27.9 Å². The first-order chi connectivity index (χ1) is 18.5. The summed E-state index contributed by atoms with van der Waals surface area (Å²) in [5.41, 5.74) is 4.07. The van der Waals surface area contributed by atoms with Crippen LogP contribution in [0.2, 0.25) is 0 Å². The Morgan fingerprint density at radius 3 is 2.46 bits per heavy atom. The van der Waals surface area contributed by atoms with Gasteiger partial charge in [0.05, 0.1) is 5.69 Å². The molecule has 4 rings (SSSR count). The standard InChI is InChI=1S/C28H31N3O6S2/c1-6-8-22-25(27(32)33)24(13-16(3)29-22)36-15-19-9-11-20(12-10-19)21-14-17(4)38-28(21)39(34,35)31-26-18(5)23(7-2)37-30-26/h9-14H,6-8,15H2,1-5H3,(H,30,31)(H,32,33). The van der Waals surface area contributed by atoms with E-state index in [9.17, 15) is 18.3 Å². The van der Waals surface area contributed by atoms with Crippen molar-refractivity contribution >= 4 is 33.1 Å². The number of pyridine rings is 1. The molecule has 39 heavy (non-hydrogen) atoms. The van der Waals surface area contributed by atoms with Gasteiger partial charge < -0.3 is 14.4 Å². The summed E-state index contributed by atoms with van der Waals surface area (Å²) in [7, 11) is -3.91. The van der Waals surface area contributed by atoms with Crippen LogP contribution in [0.1, 0.15) is 63.8 Å². The lowest BCUT2D eigenvalue weighted by Gasteiger charge is -2.14. The lowest BCUT2D eigenvalue weighted by Crippen LogP contribution is -2.13. The molecule has 0 aliphatic carbocycles. The lowest BCUT2D eigenvalue weighted by molar-refractivity contribution is 0.0689. The van der Waals surface area contributed by atoms with Crippen LogP contribution >= 0.6 is 11.3 Å². The first-order valence-electron chi connectivity index (χ1n) is 12.6. The number of ether oxygens (including phenoxy) is 1. The number of benzene rings is 1. The van der Waals surface area contributed by atoms with Crippen LogP contribution in [0.5, 0.6) is 5.75 Å². The fourth-order valence-corrected chi connectivity index (χ4v) is 6.99. The van der Waals surface area contributed by atoms with Crippen LogP contribution in [0.4, 0.5) is 5.82 Å². The number of anilines is 1. The van der Waals surface area contributed by atoms with Crippen molar-refractivity contribution in [2.45, 2.75) is 64.7 Å². The number of hydrogen-bond acceptors (Lipinski definition) is 8.